The number of ether oxygens (including phenoxy) is 1. The van der Waals surface area contributed by atoms with Crippen LogP contribution >= 0.6 is 0 Å². The van der Waals surface area contributed by atoms with E-state index in [0.29, 0.717) is 17.2 Å². The highest BCUT2D eigenvalue weighted by molar-refractivity contribution is 5.91. The first-order valence-electron chi connectivity index (χ1n) is 8.32. The Bertz CT molecular complexity index is 697. The van der Waals surface area contributed by atoms with Gasteiger partial charge in [-0.1, -0.05) is 44.2 Å². The summed E-state index contributed by atoms with van der Waals surface area (Å²) in [6.07, 6.45) is 0.807. The first kappa shape index (κ1) is 18.5. The number of hydrogen-bond acceptors (Lipinski definition) is 4. The molecule has 0 aliphatic carbocycles. The fourth-order valence-electron chi connectivity index (χ4n) is 2.50. The van der Waals surface area contributed by atoms with E-state index < -0.39 is 5.97 Å². The van der Waals surface area contributed by atoms with Crippen LogP contribution in [0.5, 0.6) is 0 Å². The van der Waals surface area contributed by atoms with Gasteiger partial charge in [-0.25, -0.2) is 4.79 Å². The van der Waals surface area contributed by atoms with Crippen molar-refractivity contribution in [1.29, 1.82) is 0 Å². The van der Waals surface area contributed by atoms with Gasteiger partial charge >= 0.3 is 5.97 Å². The molecule has 2 rings (SSSR count). The summed E-state index contributed by atoms with van der Waals surface area (Å²) in [5.74, 6) is -0.448. The summed E-state index contributed by atoms with van der Waals surface area (Å²) in [7, 11) is 0. The third kappa shape index (κ3) is 5.95. The Morgan fingerprint density at radius 3 is 2.28 bits per heavy atom. The van der Waals surface area contributed by atoms with Crippen LogP contribution in [0.3, 0.4) is 0 Å². The number of rotatable bonds is 7. The topological polar surface area (TPSA) is 81.4 Å². The molecule has 0 aliphatic heterocycles. The second-order valence-corrected chi connectivity index (χ2v) is 6.36. The lowest BCUT2D eigenvalue weighted by Gasteiger charge is -2.21. The Labute approximate surface area is 148 Å². The van der Waals surface area contributed by atoms with Gasteiger partial charge in [0.05, 0.1) is 11.6 Å². The molecule has 5 heteroatoms. The zero-order valence-corrected chi connectivity index (χ0v) is 14.6. The molecule has 0 unspecified atom stereocenters. The highest BCUT2D eigenvalue weighted by Gasteiger charge is 2.17. The van der Waals surface area contributed by atoms with Crippen molar-refractivity contribution in [3.8, 4) is 0 Å². The summed E-state index contributed by atoms with van der Waals surface area (Å²) < 4.78 is 5.08. The van der Waals surface area contributed by atoms with Gasteiger partial charge in [0.1, 0.15) is 0 Å². The van der Waals surface area contributed by atoms with Gasteiger partial charge in [0.2, 0.25) is 0 Å². The molecule has 1 atom stereocenters. The molecule has 0 aliphatic rings. The summed E-state index contributed by atoms with van der Waals surface area (Å²) in [6.45, 7) is 3.89. The van der Waals surface area contributed by atoms with Crippen molar-refractivity contribution in [2.75, 3.05) is 12.3 Å². The standard InChI is InChI=1S/C20H24N2O3/c1-14(2)12-18(15-6-4-3-5-7-15)22-19(23)13-25-20(24)16-8-10-17(21)11-9-16/h3-11,14,18H,12-13,21H2,1-2H3,(H,22,23)/t18-/m0/s1. The molecule has 0 heterocycles. The van der Waals surface area contributed by atoms with Gasteiger partial charge in [-0.3, -0.25) is 4.79 Å². The number of nitrogen functional groups attached to an aromatic ring is 1. The van der Waals surface area contributed by atoms with Crippen LogP contribution in [0.15, 0.2) is 54.6 Å². The van der Waals surface area contributed by atoms with Gasteiger partial charge in [0.15, 0.2) is 6.61 Å². The molecular formula is C20H24N2O3. The summed E-state index contributed by atoms with van der Waals surface area (Å²) in [5.41, 5.74) is 7.55. The molecule has 0 bridgehead atoms. The number of benzene rings is 2. The van der Waals surface area contributed by atoms with Crippen LogP contribution in [-0.4, -0.2) is 18.5 Å². The molecule has 3 N–H and O–H groups in total. The van der Waals surface area contributed by atoms with Gasteiger partial charge in [-0.15, -0.1) is 0 Å². The summed E-state index contributed by atoms with van der Waals surface area (Å²) in [4.78, 5) is 24.1. The second-order valence-electron chi connectivity index (χ2n) is 6.36. The zero-order chi connectivity index (χ0) is 18.2. The van der Waals surface area contributed by atoms with E-state index in [4.69, 9.17) is 10.5 Å². The first-order valence-corrected chi connectivity index (χ1v) is 8.32. The minimum atomic E-state index is -0.546. The summed E-state index contributed by atoms with van der Waals surface area (Å²) in [6, 6.07) is 16.0. The maximum absolute atomic E-state index is 12.2. The Hall–Kier alpha value is -2.82. The quantitative estimate of drug-likeness (QED) is 0.598. The number of amides is 1. The molecule has 2 aromatic carbocycles. The summed E-state index contributed by atoms with van der Waals surface area (Å²) >= 11 is 0. The second kappa shape index (κ2) is 8.87. The minimum Gasteiger partial charge on any atom is -0.452 e. The van der Waals surface area contributed by atoms with Gasteiger partial charge in [-0.05, 0) is 42.2 Å². The first-order chi connectivity index (χ1) is 12.0. The van der Waals surface area contributed by atoms with Gasteiger partial charge in [0.25, 0.3) is 5.91 Å². The van der Waals surface area contributed by atoms with E-state index in [1.54, 1.807) is 24.3 Å². The molecule has 132 valence electrons. The molecule has 0 fully saturated rings. The van der Waals surface area contributed by atoms with Crippen LogP contribution in [0.2, 0.25) is 0 Å². The number of esters is 1. The Balaban J connectivity index is 1.92. The van der Waals surface area contributed by atoms with Crippen LogP contribution in [0.1, 0.15) is 42.2 Å². The zero-order valence-electron chi connectivity index (χ0n) is 14.6. The lowest BCUT2D eigenvalue weighted by atomic mass is 9.97. The van der Waals surface area contributed by atoms with E-state index in [1.807, 2.05) is 30.3 Å². The number of nitrogens with one attached hydrogen (secondary N) is 1. The van der Waals surface area contributed by atoms with Crippen LogP contribution in [0, 0.1) is 5.92 Å². The van der Waals surface area contributed by atoms with Gasteiger partial charge < -0.3 is 15.8 Å². The molecule has 1 amide bonds. The average Bonchev–Trinajstić information content (AvgIpc) is 2.60. The number of hydrogen-bond donors (Lipinski definition) is 2. The van der Waals surface area contributed by atoms with Crippen molar-refractivity contribution in [1.82, 2.24) is 5.32 Å². The Kier molecular flexibility index (Phi) is 6.57. The van der Waals surface area contributed by atoms with E-state index in [2.05, 4.69) is 19.2 Å². The molecule has 0 aromatic heterocycles. The van der Waals surface area contributed by atoms with Crippen LogP contribution in [0.4, 0.5) is 5.69 Å². The number of nitrogens with two attached hydrogens (primary N) is 1. The number of carbonyl (C=O) groups excluding carboxylic acids is 2. The van der Waals surface area contributed by atoms with Crippen molar-refractivity contribution in [2.24, 2.45) is 5.92 Å². The largest absolute Gasteiger partial charge is 0.452 e. The van der Waals surface area contributed by atoms with Gasteiger partial charge in [0, 0.05) is 5.69 Å². The van der Waals surface area contributed by atoms with Crippen LogP contribution < -0.4 is 11.1 Å². The number of carbonyl (C=O) groups is 2. The van der Waals surface area contributed by atoms with E-state index in [9.17, 15) is 9.59 Å². The minimum absolute atomic E-state index is 0.107. The van der Waals surface area contributed by atoms with E-state index in [-0.39, 0.29) is 18.6 Å². The maximum Gasteiger partial charge on any atom is 0.338 e. The predicted molar refractivity (Wildman–Crippen MR) is 97.9 cm³/mol. The third-order valence-corrected chi connectivity index (χ3v) is 3.73. The van der Waals surface area contributed by atoms with Crippen molar-refractivity contribution >= 4 is 17.6 Å². The molecule has 0 saturated carbocycles. The normalized spacial score (nSPS) is 11.8. The van der Waals surface area contributed by atoms with E-state index in [0.717, 1.165) is 12.0 Å². The lowest BCUT2D eigenvalue weighted by Crippen LogP contribution is -2.33. The Morgan fingerprint density at radius 1 is 1.04 bits per heavy atom. The third-order valence-electron chi connectivity index (χ3n) is 3.73. The van der Waals surface area contributed by atoms with Crippen molar-refractivity contribution < 1.29 is 14.3 Å². The van der Waals surface area contributed by atoms with Crippen molar-refractivity contribution in [3.63, 3.8) is 0 Å². The smallest absolute Gasteiger partial charge is 0.338 e. The number of anilines is 1. The molecule has 2 aromatic rings. The van der Waals surface area contributed by atoms with Crippen molar-refractivity contribution in [2.45, 2.75) is 26.3 Å². The fraction of sp³-hybridized carbons (Fsp3) is 0.300. The van der Waals surface area contributed by atoms with Crippen LogP contribution in [0.25, 0.3) is 0 Å². The van der Waals surface area contributed by atoms with E-state index in [1.165, 1.54) is 0 Å². The van der Waals surface area contributed by atoms with Crippen molar-refractivity contribution in [3.05, 3.63) is 65.7 Å². The molecule has 0 radical (unpaired) electrons. The predicted octanol–water partition coefficient (Wildman–Crippen LogP) is 3.33. The Morgan fingerprint density at radius 2 is 1.68 bits per heavy atom. The van der Waals surface area contributed by atoms with Crippen LogP contribution in [-0.2, 0) is 9.53 Å². The molecule has 0 saturated heterocycles. The molecular weight excluding hydrogens is 316 g/mol. The monoisotopic (exact) mass is 340 g/mol. The SMILES string of the molecule is CC(C)C[C@H](NC(=O)COC(=O)c1ccc(N)cc1)c1ccccc1. The maximum atomic E-state index is 12.2. The highest BCUT2D eigenvalue weighted by Crippen LogP contribution is 2.21. The highest BCUT2D eigenvalue weighted by atomic mass is 16.5. The summed E-state index contributed by atoms with van der Waals surface area (Å²) in [5, 5.41) is 2.94. The lowest BCUT2D eigenvalue weighted by molar-refractivity contribution is -0.125. The molecule has 25 heavy (non-hydrogen) atoms. The fourth-order valence-corrected chi connectivity index (χ4v) is 2.50. The van der Waals surface area contributed by atoms with Gasteiger partial charge in [-0.2, -0.15) is 0 Å². The van der Waals surface area contributed by atoms with E-state index >= 15 is 0 Å². The molecule has 0 spiro atoms. The molecule has 5 nitrogen and oxygen atoms in total. The average molecular weight is 340 g/mol.